The van der Waals surface area contributed by atoms with Gasteiger partial charge < -0.3 is 16.0 Å². The summed E-state index contributed by atoms with van der Waals surface area (Å²) in [5, 5.41) is 3.30. The number of piperidine rings is 1. The second kappa shape index (κ2) is 4.46. The molecule has 2 amide bonds. The van der Waals surface area contributed by atoms with Crippen LogP contribution in [0.2, 0.25) is 0 Å². The van der Waals surface area contributed by atoms with E-state index in [0.717, 1.165) is 25.9 Å². The van der Waals surface area contributed by atoms with Gasteiger partial charge in [-0.25, -0.2) is 4.79 Å². The summed E-state index contributed by atoms with van der Waals surface area (Å²) >= 11 is 0. The van der Waals surface area contributed by atoms with Crippen molar-refractivity contribution in [3.05, 3.63) is 0 Å². The third kappa shape index (κ3) is 2.59. The third-order valence-corrected chi connectivity index (χ3v) is 3.02. The van der Waals surface area contributed by atoms with Crippen LogP contribution in [0.4, 0.5) is 4.79 Å². The van der Waals surface area contributed by atoms with Crippen LogP contribution in [0.3, 0.4) is 0 Å². The fourth-order valence-electron chi connectivity index (χ4n) is 1.84. The first-order valence-electron chi connectivity index (χ1n) is 4.86. The van der Waals surface area contributed by atoms with E-state index < -0.39 is 0 Å². The number of rotatable bonds is 2. The van der Waals surface area contributed by atoms with E-state index in [1.807, 2.05) is 0 Å². The van der Waals surface area contributed by atoms with Gasteiger partial charge in [-0.15, -0.1) is 0 Å². The Kier molecular flexibility index (Phi) is 3.54. The number of amides is 2. The first-order chi connectivity index (χ1) is 6.13. The standard InChI is InChI=1S/C9H19N3O/c1-7(12(2)9(10)13)8-3-5-11-6-4-8/h7-8,11H,3-6H2,1-2H3,(H2,10,13). The van der Waals surface area contributed by atoms with Gasteiger partial charge in [0.15, 0.2) is 0 Å². The second-order valence-electron chi connectivity index (χ2n) is 3.78. The summed E-state index contributed by atoms with van der Waals surface area (Å²) in [5.74, 6) is 0.596. The summed E-state index contributed by atoms with van der Waals surface area (Å²) < 4.78 is 0. The van der Waals surface area contributed by atoms with Crippen LogP contribution in [0.1, 0.15) is 19.8 Å². The molecule has 3 N–H and O–H groups in total. The van der Waals surface area contributed by atoms with Crippen molar-refractivity contribution in [2.75, 3.05) is 20.1 Å². The van der Waals surface area contributed by atoms with Crippen LogP contribution in [0.5, 0.6) is 0 Å². The van der Waals surface area contributed by atoms with Crippen LogP contribution in [0, 0.1) is 5.92 Å². The summed E-state index contributed by atoms with van der Waals surface area (Å²) in [7, 11) is 1.77. The monoisotopic (exact) mass is 185 g/mol. The highest BCUT2D eigenvalue weighted by Crippen LogP contribution is 2.19. The van der Waals surface area contributed by atoms with Gasteiger partial charge >= 0.3 is 6.03 Å². The van der Waals surface area contributed by atoms with E-state index in [1.54, 1.807) is 11.9 Å². The molecular weight excluding hydrogens is 166 g/mol. The normalized spacial score (nSPS) is 21.1. The Bertz CT molecular complexity index is 178. The molecule has 1 aliphatic rings. The van der Waals surface area contributed by atoms with E-state index in [2.05, 4.69) is 12.2 Å². The minimum atomic E-state index is -0.328. The number of hydrogen-bond acceptors (Lipinski definition) is 2. The molecule has 1 saturated heterocycles. The molecule has 1 rings (SSSR count). The minimum absolute atomic E-state index is 0.264. The quantitative estimate of drug-likeness (QED) is 0.653. The summed E-state index contributed by atoms with van der Waals surface area (Å²) in [6.45, 7) is 4.18. The number of nitrogens with zero attached hydrogens (tertiary/aromatic N) is 1. The van der Waals surface area contributed by atoms with Crippen molar-refractivity contribution in [2.24, 2.45) is 11.7 Å². The van der Waals surface area contributed by atoms with E-state index >= 15 is 0 Å². The molecule has 4 heteroatoms. The fourth-order valence-corrected chi connectivity index (χ4v) is 1.84. The van der Waals surface area contributed by atoms with Crippen molar-refractivity contribution in [1.82, 2.24) is 10.2 Å². The van der Waals surface area contributed by atoms with Gasteiger partial charge in [0.1, 0.15) is 0 Å². The number of urea groups is 1. The number of carbonyl (C=O) groups is 1. The van der Waals surface area contributed by atoms with Gasteiger partial charge in [0.05, 0.1) is 0 Å². The van der Waals surface area contributed by atoms with Crippen LogP contribution in [-0.4, -0.2) is 37.1 Å². The fraction of sp³-hybridized carbons (Fsp3) is 0.889. The molecule has 0 aromatic heterocycles. The molecule has 0 aromatic carbocycles. The van der Waals surface area contributed by atoms with Crippen molar-refractivity contribution in [2.45, 2.75) is 25.8 Å². The lowest BCUT2D eigenvalue weighted by Crippen LogP contribution is -2.45. The summed E-state index contributed by atoms with van der Waals surface area (Å²) in [4.78, 5) is 12.6. The zero-order valence-electron chi connectivity index (χ0n) is 8.42. The van der Waals surface area contributed by atoms with Gasteiger partial charge in [-0.05, 0) is 38.8 Å². The van der Waals surface area contributed by atoms with Crippen molar-refractivity contribution in [3.8, 4) is 0 Å². The highest BCUT2D eigenvalue weighted by Gasteiger charge is 2.24. The van der Waals surface area contributed by atoms with Gasteiger partial charge in [-0.3, -0.25) is 0 Å². The molecule has 13 heavy (non-hydrogen) atoms. The number of nitrogens with one attached hydrogen (secondary N) is 1. The Morgan fingerprint density at radius 3 is 2.54 bits per heavy atom. The SMILES string of the molecule is CC(C1CCNCC1)N(C)C(N)=O. The maximum absolute atomic E-state index is 10.9. The number of hydrogen-bond donors (Lipinski definition) is 2. The Morgan fingerprint density at radius 2 is 2.08 bits per heavy atom. The maximum Gasteiger partial charge on any atom is 0.314 e. The summed E-state index contributed by atoms with van der Waals surface area (Å²) in [6.07, 6.45) is 2.28. The predicted octanol–water partition coefficient (Wildman–Crippen LogP) is 0.385. The number of primary amides is 1. The van der Waals surface area contributed by atoms with Gasteiger partial charge in [0.25, 0.3) is 0 Å². The van der Waals surface area contributed by atoms with E-state index in [-0.39, 0.29) is 12.1 Å². The van der Waals surface area contributed by atoms with Gasteiger partial charge in [0, 0.05) is 13.1 Å². The molecule has 4 nitrogen and oxygen atoms in total. The molecule has 1 unspecified atom stereocenters. The topological polar surface area (TPSA) is 58.4 Å². The number of carbonyl (C=O) groups excluding carboxylic acids is 1. The first kappa shape index (κ1) is 10.3. The highest BCUT2D eigenvalue weighted by atomic mass is 16.2. The summed E-state index contributed by atoms with van der Waals surface area (Å²) in [6, 6.07) is -0.0642. The minimum Gasteiger partial charge on any atom is -0.351 e. The van der Waals surface area contributed by atoms with Crippen molar-refractivity contribution < 1.29 is 4.79 Å². The molecule has 1 heterocycles. The Hall–Kier alpha value is -0.770. The lowest BCUT2D eigenvalue weighted by Gasteiger charge is -2.33. The van der Waals surface area contributed by atoms with Gasteiger partial charge in [-0.1, -0.05) is 0 Å². The first-order valence-corrected chi connectivity index (χ1v) is 4.86. The second-order valence-corrected chi connectivity index (χ2v) is 3.78. The average Bonchev–Trinajstić information content (AvgIpc) is 2.17. The van der Waals surface area contributed by atoms with E-state index in [0.29, 0.717) is 5.92 Å². The molecule has 0 aromatic rings. The van der Waals surface area contributed by atoms with Crippen LogP contribution >= 0.6 is 0 Å². The van der Waals surface area contributed by atoms with Crippen LogP contribution in [-0.2, 0) is 0 Å². The maximum atomic E-state index is 10.9. The van der Waals surface area contributed by atoms with Crippen LogP contribution in [0.25, 0.3) is 0 Å². The molecule has 0 radical (unpaired) electrons. The van der Waals surface area contributed by atoms with E-state index in [1.165, 1.54) is 0 Å². The largest absolute Gasteiger partial charge is 0.351 e. The molecule has 1 aliphatic heterocycles. The van der Waals surface area contributed by atoms with Gasteiger partial charge in [-0.2, -0.15) is 0 Å². The van der Waals surface area contributed by atoms with Gasteiger partial charge in [0.2, 0.25) is 0 Å². The predicted molar refractivity (Wildman–Crippen MR) is 52.4 cm³/mol. The lowest BCUT2D eigenvalue weighted by molar-refractivity contribution is 0.167. The molecule has 0 spiro atoms. The van der Waals surface area contributed by atoms with E-state index in [9.17, 15) is 4.79 Å². The smallest absolute Gasteiger partial charge is 0.314 e. The van der Waals surface area contributed by atoms with Crippen molar-refractivity contribution >= 4 is 6.03 Å². The molecule has 1 fully saturated rings. The highest BCUT2D eigenvalue weighted by molar-refractivity contribution is 5.71. The average molecular weight is 185 g/mol. The van der Waals surface area contributed by atoms with Crippen LogP contribution in [0.15, 0.2) is 0 Å². The molecule has 0 saturated carbocycles. The zero-order chi connectivity index (χ0) is 9.84. The van der Waals surface area contributed by atoms with Crippen molar-refractivity contribution in [1.29, 1.82) is 0 Å². The Morgan fingerprint density at radius 1 is 1.54 bits per heavy atom. The Labute approximate surface area is 79.5 Å². The molecule has 0 aliphatic carbocycles. The number of nitrogens with two attached hydrogens (primary N) is 1. The van der Waals surface area contributed by atoms with E-state index in [4.69, 9.17) is 5.73 Å². The third-order valence-electron chi connectivity index (χ3n) is 3.02. The molecule has 1 atom stereocenters. The molecule has 76 valence electrons. The zero-order valence-corrected chi connectivity index (χ0v) is 8.42. The molecule has 0 bridgehead atoms. The van der Waals surface area contributed by atoms with Crippen LogP contribution < -0.4 is 11.1 Å². The lowest BCUT2D eigenvalue weighted by atomic mass is 9.90. The Balaban J connectivity index is 2.44. The summed E-state index contributed by atoms with van der Waals surface area (Å²) in [5.41, 5.74) is 5.21. The molecular formula is C9H19N3O. The van der Waals surface area contributed by atoms with Crippen molar-refractivity contribution in [3.63, 3.8) is 0 Å².